The van der Waals surface area contributed by atoms with E-state index < -0.39 is 0 Å². The molecule has 0 aliphatic carbocycles. The quantitative estimate of drug-likeness (QED) is 0.181. The molecule has 51 heavy (non-hydrogen) atoms. The summed E-state index contributed by atoms with van der Waals surface area (Å²) in [4.78, 5) is 2.41. The summed E-state index contributed by atoms with van der Waals surface area (Å²) in [5.41, 5.74) is 13.1. The van der Waals surface area contributed by atoms with Crippen LogP contribution in [-0.2, 0) is 0 Å². The molecule has 0 atom stereocenters. The van der Waals surface area contributed by atoms with Gasteiger partial charge in [-0.3, -0.25) is 0 Å². The maximum atomic E-state index is 2.45. The minimum absolute atomic E-state index is 1.11. The van der Waals surface area contributed by atoms with Gasteiger partial charge >= 0.3 is 0 Å². The molecule has 11 rings (SSSR count). The lowest BCUT2D eigenvalue weighted by Gasteiger charge is -2.26. The molecule has 8 aromatic carbocycles. The van der Waals surface area contributed by atoms with Gasteiger partial charge in [-0.05, 0) is 77.9 Å². The van der Waals surface area contributed by atoms with Crippen molar-refractivity contribution in [2.45, 2.75) is 0 Å². The summed E-state index contributed by atoms with van der Waals surface area (Å²) in [5, 5.41) is 7.62. The Balaban J connectivity index is 1.16. The van der Waals surface area contributed by atoms with Crippen molar-refractivity contribution in [2.75, 3.05) is 4.90 Å². The average Bonchev–Trinajstić information content (AvgIpc) is 3.84. The van der Waals surface area contributed by atoms with Crippen LogP contribution in [-0.4, -0.2) is 8.97 Å². The highest BCUT2D eigenvalue weighted by Crippen LogP contribution is 2.44. The molecule has 0 aliphatic heterocycles. The van der Waals surface area contributed by atoms with Crippen LogP contribution in [0.1, 0.15) is 0 Å². The highest BCUT2D eigenvalue weighted by Gasteiger charge is 2.21. The third-order valence-corrected chi connectivity index (χ3v) is 10.6. The molecule has 0 bridgehead atoms. The average molecular weight is 650 g/mol. The minimum Gasteiger partial charge on any atom is -0.310 e. The third-order valence-electron chi connectivity index (χ3n) is 10.6. The van der Waals surface area contributed by atoms with Crippen molar-refractivity contribution in [1.82, 2.24) is 8.97 Å². The SMILES string of the molecule is c1ccc(-c2ccc(N(c3ccc4c(c3)c3cccc5c6ccccc6n4c53)c3ccc4c5ccccc5n(-c5ccccc5)c4c3)cc2)cc1. The van der Waals surface area contributed by atoms with Crippen molar-refractivity contribution < 1.29 is 0 Å². The van der Waals surface area contributed by atoms with Crippen molar-refractivity contribution >= 4 is 77.0 Å². The fourth-order valence-corrected chi connectivity index (χ4v) is 8.39. The van der Waals surface area contributed by atoms with Crippen molar-refractivity contribution in [2.24, 2.45) is 0 Å². The lowest BCUT2D eigenvalue weighted by molar-refractivity contribution is 1.18. The molecule has 3 nitrogen and oxygen atoms in total. The van der Waals surface area contributed by atoms with E-state index in [1.165, 1.54) is 71.0 Å². The number of fused-ring (bicyclic) bond motifs is 9. The number of aromatic nitrogens is 2. The van der Waals surface area contributed by atoms with Gasteiger partial charge in [0, 0.05) is 55.1 Å². The van der Waals surface area contributed by atoms with Crippen molar-refractivity contribution in [3.05, 3.63) is 188 Å². The highest BCUT2D eigenvalue weighted by atomic mass is 15.1. The summed E-state index contributed by atoms with van der Waals surface area (Å²) in [6.45, 7) is 0. The van der Waals surface area contributed by atoms with E-state index in [9.17, 15) is 0 Å². The van der Waals surface area contributed by atoms with E-state index in [1.54, 1.807) is 0 Å². The predicted octanol–water partition coefficient (Wildman–Crippen LogP) is 13.1. The Labute approximate surface area is 294 Å². The largest absolute Gasteiger partial charge is 0.310 e. The first-order valence-electron chi connectivity index (χ1n) is 17.5. The zero-order valence-electron chi connectivity index (χ0n) is 27.7. The van der Waals surface area contributed by atoms with Gasteiger partial charge in [0.05, 0.1) is 27.6 Å². The fourth-order valence-electron chi connectivity index (χ4n) is 8.39. The minimum atomic E-state index is 1.11. The van der Waals surface area contributed by atoms with Crippen LogP contribution in [0.15, 0.2) is 188 Å². The molecule has 0 amide bonds. The van der Waals surface area contributed by atoms with Gasteiger partial charge in [0.2, 0.25) is 0 Å². The molecule has 0 saturated heterocycles. The van der Waals surface area contributed by atoms with Crippen LogP contribution in [0, 0.1) is 0 Å². The van der Waals surface area contributed by atoms with E-state index in [-0.39, 0.29) is 0 Å². The van der Waals surface area contributed by atoms with E-state index in [0.717, 1.165) is 22.7 Å². The predicted molar refractivity (Wildman–Crippen MR) is 216 cm³/mol. The van der Waals surface area contributed by atoms with Crippen LogP contribution in [0.4, 0.5) is 17.1 Å². The summed E-state index contributed by atoms with van der Waals surface area (Å²) >= 11 is 0. The third kappa shape index (κ3) is 4.12. The van der Waals surface area contributed by atoms with Crippen molar-refractivity contribution in [1.29, 1.82) is 0 Å². The van der Waals surface area contributed by atoms with Crippen molar-refractivity contribution in [3.63, 3.8) is 0 Å². The van der Waals surface area contributed by atoms with Crippen LogP contribution in [0.25, 0.3) is 76.7 Å². The standard InChI is InChI=1S/C48H31N3/c1-3-12-32(13-4-1)33-22-24-35(25-23-33)49(37-26-28-40-38-16-7-9-20-44(38)50(47(40)31-37)34-14-5-2-6-15-34)36-27-29-46-43(30-36)42-19-11-18-41-39-17-8-10-21-45(39)51(46)48(41)42/h1-31H. The smallest absolute Gasteiger partial charge is 0.0620 e. The van der Waals surface area contributed by atoms with E-state index in [4.69, 9.17) is 0 Å². The van der Waals surface area contributed by atoms with E-state index >= 15 is 0 Å². The highest BCUT2D eigenvalue weighted by molar-refractivity contribution is 6.23. The van der Waals surface area contributed by atoms with E-state index in [0.29, 0.717) is 0 Å². The maximum Gasteiger partial charge on any atom is 0.0620 e. The summed E-state index contributed by atoms with van der Waals surface area (Å²) in [5.74, 6) is 0. The number of para-hydroxylation sites is 4. The lowest BCUT2D eigenvalue weighted by Crippen LogP contribution is -2.10. The Morgan fingerprint density at radius 1 is 0.314 bits per heavy atom. The monoisotopic (exact) mass is 649 g/mol. The Kier molecular flexibility index (Phi) is 5.96. The summed E-state index contributed by atoms with van der Waals surface area (Å²) < 4.78 is 4.84. The topological polar surface area (TPSA) is 12.6 Å². The lowest BCUT2D eigenvalue weighted by atomic mass is 10.0. The van der Waals surface area contributed by atoms with Gasteiger partial charge in [0.1, 0.15) is 0 Å². The molecule has 0 unspecified atom stereocenters. The zero-order chi connectivity index (χ0) is 33.5. The molecule has 238 valence electrons. The molecule has 0 aliphatic rings. The molecule has 3 aromatic heterocycles. The molecule has 0 fully saturated rings. The number of anilines is 3. The Morgan fingerprint density at radius 3 is 1.63 bits per heavy atom. The van der Waals surface area contributed by atoms with Gasteiger partial charge in [-0.25, -0.2) is 0 Å². The summed E-state index contributed by atoms with van der Waals surface area (Å²) in [6.07, 6.45) is 0. The van der Waals surface area contributed by atoms with Crippen LogP contribution in [0.5, 0.6) is 0 Å². The number of nitrogens with zero attached hydrogens (tertiary/aromatic N) is 3. The van der Waals surface area contributed by atoms with E-state index in [2.05, 4.69) is 202 Å². The Hall–Kier alpha value is -6.84. The second-order valence-corrected chi connectivity index (χ2v) is 13.4. The fraction of sp³-hybridized carbons (Fsp3) is 0. The van der Waals surface area contributed by atoms with Crippen LogP contribution >= 0.6 is 0 Å². The first-order chi connectivity index (χ1) is 25.3. The zero-order valence-corrected chi connectivity index (χ0v) is 27.7. The molecule has 0 radical (unpaired) electrons. The van der Waals surface area contributed by atoms with Crippen LogP contribution in [0.3, 0.4) is 0 Å². The van der Waals surface area contributed by atoms with Gasteiger partial charge in [0.25, 0.3) is 0 Å². The number of benzene rings is 8. The van der Waals surface area contributed by atoms with Gasteiger partial charge in [-0.15, -0.1) is 0 Å². The molecular formula is C48H31N3. The van der Waals surface area contributed by atoms with Crippen LogP contribution < -0.4 is 4.90 Å². The molecule has 0 saturated carbocycles. The van der Waals surface area contributed by atoms with Gasteiger partial charge in [-0.2, -0.15) is 0 Å². The Bertz CT molecular complexity index is 3060. The van der Waals surface area contributed by atoms with E-state index in [1.807, 2.05) is 0 Å². The number of hydrogen-bond acceptors (Lipinski definition) is 1. The normalized spacial score (nSPS) is 11.9. The molecule has 3 heteroatoms. The van der Waals surface area contributed by atoms with Gasteiger partial charge in [-0.1, -0.05) is 121 Å². The summed E-state index contributed by atoms with van der Waals surface area (Å²) in [6, 6.07) is 68.4. The van der Waals surface area contributed by atoms with Gasteiger partial charge in [0.15, 0.2) is 0 Å². The molecule has 0 spiro atoms. The molecule has 0 N–H and O–H groups in total. The maximum absolute atomic E-state index is 2.45. The summed E-state index contributed by atoms with van der Waals surface area (Å²) in [7, 11) is 0. The van der Waals surface area contributed by atoms with Gasteiger partial charge < -0.3 is 13.9 Å². The van der Waals surface area contributed by atoms with Crippen molar-refractivity contribution in [3.8, 4) is 16.8 Å². The molecular weight excluding hydrogens is 619 g/mol. The van der Waals surface area contributed by atoms with Crippen LogP contribution in [0.2, 0.25) is 0 Å². The number of hydrogen-bond donors (Lipinski definition) is 0. The molecule has 11 aromatic rings. The second-order valence-electron chi connectivity index (χ2n) is 13.4. The first-order valence-corrected chi connectivity index (χ1v) is 17.5. The Morgan fingerprint density at radius 2 is 0.843 bits per heavy atom. The second kappa shape index (κ2) is 10.8. The number of rotatable bonds is 5. The first kappa shape index (κ1) is 28.0. The molecule has 3 heterocycles.